The summed E-state index contributed by atoms with van der Waals surface area (Å²) in [6.07, 6.45) is 4.90. The van der Waals surface area contributed by atoms with Gasteiger partial charge in [-0.05, 0) is 31.6 Å². The Balaban J connectivity index is 2.10. The summed E-state index contributed by atoms with van der Waals surface area (Å²) in [5.41, 5.74) is 1.43. The number of fused-ring (bicyclic) bond motifs is 1. The molecule has 0 aliphatic carbocycles. The fourth-order valence-electron chi connectivity index (χ4n) is 2.54. The maximum absolute atomic E-state index is 12.2. The van der Waals surface area contributed by atoms with Crippen LogP contribution in [0.25, 0.3) is 0 Å². The summed E-state index contributed by atoms with van der Waals surface area (Å²) in [5.74, 6) is -1.12. The number of nitrogens with zero attached hydrogens (tertiary/aromatic N) is 2. The van der Waals surface area contributed by atoms with Crippen molar-refractivity contribution in [3.05, 3.63) is 17.5 Å². The van der Waals surface area contributed by atoms with Crippen LogP contribution in [0.5, 0.6) is 0 Å². The van der Waals surface area contributed by atoms with E-state index < -0.39 is 12.0 Å². The van der Waals surface area contributed by atoms with Gasteiger partial charge in [0, 0.05) is 6.54 Å². The molecule has 20 heavy (non-hydrogen) atoms. The molecule has 1 aromatic rings. The minimum absolute atomic E-state index is 0.206. The molecule has 6 nitrogen and oxygen atoms in total. The lowest BCUT2D eigenvalue weighted by molar-refractivity contribution is -0.139. The number of aryl methyl sites for hydroxylation is 1. The first-order valence-electron chi connectivity index (χ1n) is 7.07. The smallest absolute Gasteiger partial charge is 0.326 e. The first-order chi connectivity index (χ1) is 9.49. The molecule has 0 saturated heterocycles. The molecular weight excluding hydrogens is 258 g/mol. The molecule has 0 fully saturated rings. The number of carboxylic acids is 1. The Morgan fingerprint density at radius 3 is 2.85 bits per heavy atom. The van der Waals surface area contributed by atoms with Gasteiger partial charge in [0.05, 0.1) is 17.5 Å². The quantitative estimate of drug-likeness (QED) is 0.854. The van der Waals surface area contributed by atoms with Gasteiger partial charge in [-0.2, -0.15) is 5.10 Å². The number of nitrogens with one attached hydrogen (secondary N) is 1. The number of hydrogen-bond donors (Lipinski definition) is 2. The number of carboxylic acid groups (broad SMARTS) is 1. The molecule has 110 valence electrons. The second-order valence-electron chi connectivity index (χ2n) is 5.68. The van der Waals surface area contributed by atoms with Crippen LogP contribution in [0.3, 0.4) is 0 Å². The van der Waals surface area contributed by atoms with Gasteiger partial charge in [0.25, 0.3) is 5.91 Å². The average molecular weight is 279 g/mol. The molecule has 0 spiro atoms. The molecule has 0 bridgehead atoms. The van der Waals surface area contributed by atoms with Crippen molar-refractivity contribution in [2.45, 2.75) is 52.1 Å². The predicted molar refractivity (Wildman–Crippen MR) is 73.5 cm³/mol. The zero-order valence-electron chi connectivity index (χ0n) is 11.9. The summed E-state index contributed by atoms with van der Waals surface area (Å²) < 4.78 is 1.84. The molecule has 1 aromatic heterocycles. The van der Waals surface area contributed by atoms with E-state index >= 15 is 0 Å². The van der Waals surface area contributed by atoms with Gasteiger partial charge in [-0.1, -0.05) is 13.8 Å². The van der Waals surface area contributed by atoms with Crippen LogP contribution in [0.2, 0.25) is 0 Å². The van der Waals surface area contributed by atoms with Crippen LogP contribution in [0.4, 0.5) is 0 Å². The molecule has 0 unspecified atom stereocenters. The maximum Gasteiger partial charge on any atom is 0.326 e. The third-order valence-electron chi connectivity index (χ3n) is 3.54. The Labute approximate surface area is 118 Å². The van der Waals surface area contributed by atoms with Gasteiger partial charge in [0.1, 0.15) is 6.04 Å². The predicted octanol–water partition coefficient (Wildman–Crippen LogP) is 1.45. The van der Waals surface area contributed by atoms with E-state index in [0.29, 0.717) is 12.0 Å². The molecule has 0 aromatic carbocycles. The molecule has 1 amide bonds. The van der Waals surface area contributed by atoms with E-state index in [4.69, 9.17) is 0 Å². The molecular formula is C14H21N3O3. The van der Waals surface area contributed by atoms with Crippen molar-refractivity contribution in [1.82, 2.24) is 15.1 Å². The van der Waals surface area contributed by atoms with E-state index in [1.807, 2.05) is 18.5 Å². The van der Waals surface area contributed by atoms with Crippen molar-refractivity contribution < 1.29 is 14.7 Å². The highest BCUT2D eigenvalue weighted by molar-refractivity contribution is 5.97. The molecule has 2 heterocycles. The largest absolute Gasteiger partial charge is 0.480 e. The van der Waals surface area contributed by atoms with Crippen molar-refractivity contribution in [3.63, 3.8) is 0 Å². The van der Waals surface area contributed by atoms with Gasteiger partial charge in [0.15, 0.2) is 0 Å². The van der Waals surface area contributed by atoms with Gasteiger partial charge >= 0.3 is 5.97 Å². The van der Waals surface area contributed by atoms with Crippen LogP contribution in [0.1, 0.15) is 49.2 Å². The Morgan fingerprint density at radius 1 is 1.45 bits per heavy atom. The lowest BCUT2D eigenvalue weighted by Crippen LogP contribution is -2.41. The number of hydrogen-bond acceptors (Lipinski definition) is 3. The van der Waals surface area contributed by atoms with Crippen molar-refractivity contribution in [1.29, 1.82) is 0 Å². The summed E-state index contributed by atoms with van der Waals surface area (Å²) in [5, 5.41) is 16.0. The van der Waals surface area contributed by atoms with E-state index in [1.165, 1.54) is 0 Å². The SMILES string of the molecule is CC(C)C[C@H](NC(=O)c1cnn2c1CCCC2)C(=O)O. The van der Waals surface area contributed by atoms with Gasteiger partial charge in [-0.3, -0.25) is 9.48 Å². The number of carbonyl (C=O) groups excluding carboxylic acids is 1. The lowest BCUT2D eigenvalue weighted by Gasteiger charge is -2.18. The van der Waals surface area contributed by atoms with Crippen molar-refractivity contribution in [3.8, 4) is 0 Å². The molecule has 2 N–H and O–H groups in total. The monoisotopic (exact) mass is 279 g/mol. The van der Waals surface area contributed by atoms with E-state index in [0.717, 1.165) is 31.5 Å². The first-order valence-corrected chi connectivity index (χ1v) is 7.07. The highest BCUT2D eigenvalue weighted by Crippen LogP contribution is 2.18. The number of rotatable bonds is 5. The van der Waals surface area contributed by atoms with E-state index in [-0.39, 0.29) is 11.8 Å². The number of aromatic nitrogens is 2. The Hall–Kier alpha value is -1.85. The molecule has 1 aliphatic heterocycles. The summed E-state index contributed by atoms with van der Waals surface area (Å²) in [4.78, 5) is 23.4. The van der Waals surface area contributed by atoms with Gasteiger partial charge in [0.2, 0.25) is 0 Å². The highest BCUT2D eigenvalue weighted by atomic mass is 16.4. The minimum Gasteiger partial charge on any atom is -0.480 e. The fourth-order valence-corrected chi connectivity index (χ4v) is 2.54. The Morgan fingerprint density at radius 2 is 2.20 bits per heavy atom. The van der Waals surface area contributed by atoms with Crippen LogP contribution < -0.4 is 5.32 Å². The van der Waals surface area contributed by atoms with Gasteiger partial charge in [-0.15, -0.1) is 0 Å². The summed E-state index contributed by atoms with van der Waals surface area (Å²) in [6.45, 7) is 4.70. The van der Waals surface area contributed by atoms with E-state index in [9.17, 15) is 14.7 Å². The van der Waals surface area contributed by atoms with Crippen LogP contribution in [-0.4, -0.2) is 32.8 Å². The number of aliphatic carboxylic acids is 1. The summed E-state index contributed by atoms with van der Waals surface area (Å²) >= 11 is 0. The van der Waals surface area contributed by atoms with Crippen molar-refractivity contribution >= 4 is 11.9 Å². The standard InChI is InChI=1S/C14H21N3O3/c1-9(2)7-11(14(19)20)16-13(18)10-8-15-17-6-4-3-5-12(10)17/h8-9,11H,3-7H2,1-2H3,(H,16,18)(H,19,20)/t11-/m0/s1. The zero-order chi connectivity index (χ0) is 14.7. The van der Waals surface area contributed by atoms with E-state index in [2.05, 4.69) is 10.4 Å². The van der Waals surface area contributed by atoms with Crippen LogP contribution in [0, 0.1) is 5.92 Å². The molecule has 0 saturated carbocycles. The van der Waals surface area contributed by atoms with Gasteiger partial charge < -0.3 is 10.4 Å². The van der Waals surface area contributed by atoms with Gasteiger partial charge in [-0.25, -0.2) is 4.79 Å². The Kier molecular flexibility index (Phi) is 4.42. The number of amides is 1. The first kappa shape index (κ1) is 14.6. The summed E-state index contributed by atoms with van der Waals surface area (Å²) in [6, 6.07) is -0.846. The second-order valence-corrected chi connectivity index (χ2v) is 5.68. The van der Waals surface area contributed by atoms with Crippen molar-refractivity contribution in [2.75, 3.05) is 0 Å². The Bertz CT molecular complexity index is 508. The van der Waals surface area contributed by atoms with Crippen molar-refractivity contribution in [2.24, 2.45) is 5.92 Å². The molecule has 6 heteroatoms. The zero-order valence-corrected chi connectivity index (χ0v) is 11.9. The van der Waals surface area contributed by atoms with Crippen LogP contribution in [0.15, 0.2) is 6.20 Å². The minimum atomic E-state index is -0.993. The normalized spacial score (nSPS) is 15.8. The number of carbonyl (C=O) groups is 2. The third-order valence-corrected chi connectivity index (χ3v) is 3.54. The van der Waals surface area contributed by atoms with Crippen LogP contribution in [-0.2, 0) is 17.8 Å². The topological polar surface area (TPSA) is 84.2 Å². The maximum atomic E-state index is 12.2. The molecule has 1 atom stereocenters. The molecule has 1 aliphatic rings. The molecule has 0 radical (unpaired) electrons. The third kappa shape index (κ3) is 3.18. The van der Waals surface area contributed by atoms with Crippen LogP contribution >= 0.6 is 0 Å². The van der Waals surface area contributed by atoms with E-state index in [1.54, 1.807) is 6.20 Å². The molecule has 2 rings (SSSR count). The second kappa shape index (κ2) is 6.07. The summed E-state index contributed by atoms with van der Waals surface area (Å²) in [7, 11) is 0. The average Bonchev–Trinajstić information content (AvgIpc) is 2.81. The fraction of sp³-hybridized carbons (Fsp3) is 0.643. The lowest BCUT2D eigenvalue weighted by atomic mass is 10.0. The highest BCUT2D eigenvalue weighted by Gasteiger charge is 2.25.